The van der Waals surface area contributed by atoms with Gasteiger partial charge in [0.1, 0.15) is 5.60 Å². The number of nitrogens with zero attached hydrogens (tertiary/aromatic N) is 2. The van der Waals surface area contributed by atoms with Crippen molar-refractivity contribution in [1.29, 1.82) is 0 Å². The molecule has 2 aliphatic rings. The third-order valence-corrected chi connectivity index (χ3v) is 5.00. The zero-order valence-corrected chi connectivity index (χ0v) is 15.8. The van der Waals surface area contributed by atoms with E-state index in [-0.39, 0.29) is 18.2 Å². The fourth-order valence-electron chi connectivity index (χ4n) is 3.86. The number of piperidine rings is 2. The number of hydrogen-bond donors (Lipinski definition) is 1. The molecule has 0 aromatic rings. The van der Waals surface area contributed by atoms with Crippen LogP contribution in [-0.4, -0.2) is 60.2 Å². The second-order valence-corrected chi connectivity index (χ2v) is 8.29. The number of urea groups is 1. The highest BCUT2D eigenvalue weighted by molar-refractivity contribution is 5.74. The van der Waals surface area contributed by atoms with Gasteiger partial charge in [0.15, 0.2) is 0 Å². The van der Waals surface area contributed by atoms with Crippen molar-refractivity contribution >= 4 is 12.1 Å². The van der Waals surface area contributed by atoms with Gasteiger partial charge in [-0.3, -0.25) is 0 Å². The minimum atomic E-state index is -0.483. The van der Waals surface area contributed by atoms with Gasteiger partial charge in [0.25, 0.3) is 0 Å². The second-order valence-electron chi connectivity index (χ2n) is 8.29. The van der Waals surface area contributed by atoms with Gasteiger partial charge >= 0.3 is 12.1 Å². The maximum Gasteiger partial charge on any atom is 0.410 e. The van der Waals surface area contributed by atoms with E-state index in [1.165, 1.54) is 0 Å². The molecule has 2 rings (SSSR count). The molecule has 0 aliphatic carbocycles. The van der Waals surface area contributed by atoms with Gasteiger partial charge in [0.2, 0.25) is 0 Å². The van der Waals surface area contributed by atoms with E-state index in [1.807, 2.05) is 30.6 Å². The summed E-state index contributed by atoms with van der Waals surface area (Å²) in [7, 11) is 1.67. The number of amides is 3. The van der Waals surface area contributed by atoms with Gasteiger partial charge in [-0.2, -0.15) is 0 Å². The Morgan fingerprint density at radius 3 is 2.46 bits per heavy atom. The molecule has 1 N–H and O–H groups in total. The van der Waals surface area contributed by atoms with Crippen LogP contribution < -0.4 is 5.32 Å². The number of nitrogens with one attached hydrogen (secondary N) is 1. The Morgan fingerprint density at radius 1 is 1.12 bits per heavy atom. The number of carbonyl (C=O) groups is 2. The molecule has 3 atom stereocenters. The van der Waals surface area contributed by atoms with Crippen molar-refractivity contribution in [2.24, 2.45) is 11.8 Å². The van der Waals surface area contributed by atoms with Crippen LogP contribution in [0.5, 0.6) is 0 Å². The first-order valence-corrected chi connectivity index (χ1v) is 9.17. The monoisotopic (exact) mass is 339 g/mol. The van der Waals surface area contributed by atoms with Crippen molar-refractivity contribution in [1.82, 2.24) is 15.1 Å². The smallest absolute Gasteiger partial charge is 0.410 e. The van der Waals surface area contributed by atoms with Crippen LogP contribution in [0.3, 0.4) is 0 Å². The molecular weight excluding hydrogens is 306 g/mol. The standard InChI is InChI=1S/C18H33N3O3/c1-13-8-9-15(21(11-13)17(23)24-18(2,3)4)14-7-6-10-20(12-14)16(22)19-5/h13-15H,6-12H2,1-5H3,(H,19,22)/t13-,14?,15+/m0/s1. The van der Waals surface area contributed by atoms with Gasteiger partial charge in [-0.1, -0.05) is 6.92 Å². The highest BCUT2D eigenvalue weighted by atomic mass is 16.6. The van der Waals surface area contributed by atoms with Crippen molar-refractivity contribution in [3.05, 3.63) is 0 Å². The van der Waals surface area contributed by atoms with Gasteiger partial charge < -0.3 is 19.9 Å². The topological polar surface area (TPSA) is 61.9 Å². The quantitative estimate of drug-likeness (QED) is 0.798. The molecule has 0 aromatic carbocycles. The molecule has 138 valence electrons. The molecule has 0 aromatic heterocycles. The lowest BCUT2D eigenvalue weighted by Crippen LogP contribution is -2.55. The molecule has 6 nitrogen and oxygen atoms in total. The minimum absolute atomic E-state index is 0.0207. The van der Waals surface area contributed by atoms with Gasteiger partial charge in [0, 0.05) is 32.7 Å². The molecular formula is C18H33N3O3. The summed E-state index contributed by atoms with van der Waals surface area (Å²) in [6.07, 6.45) is 3.96. The largest absolute Gasteiger partial charge is 0.444 e. The highest BCUT2D eigenvalue weighted by Gasteiger charge is 2.39. The predicted molar refractivity (Wildman–Crippen MR) is 93.9 cm³/mol. The summed E-state index contributed by atoms with van der Waals surface area (Å²) in [4.78, 5) is 28.5. The number of rotatable bonds is 1. The zero-order chi connectivity index (χ0) is 17.9. The third-order valence-electron chi connectivity index (χ3n) is 5.00. The highest BCUT2D eigenvalue weighted by Crippen LogP contribution is 2.32. The molecule has 6 heteroatoms. The number of carbonyl (C=O) groups excluding carboxylic acids is 2. The van der Waals surface area contributed by atoms with Crippen LogP contribution in [0.15, 0.2) is 0 Å². The predicted octanol–water partition coefficient (Wildman–Crippen LogP) is 3.07. The van der Waals surface area contributed by atoms with Gasteiger partial charge in [0.05, 0.1) is 0 Å². The summed E-state index contributed by atoms with van der Waals surface area (Å²) in [5, 5.41) is 2.71. The summed E-state index contributed by atoms with van der Waals surface area (Å²) in [6, 6.07) is 0.149. The SMILES string of the molecule is CNC(=O)N1CCCC([C@H]2CC[C@H](C)CN2C(=O)OC(C)(C)C)C1. The normalized spacial score (nSPS) is 28.5. The van der Waals surface area contributed by atoms with E-state index in [9.17, 15) is 9.59 Å². The van der Waals surface area contributed by atoms with Gasteiger partial charge in [-0.25, -0.2) is 9.59 Å². The molecule has 24 heavy (non-hydrogen) atoms. The van der Waals surface area contributed by atoms with Crippen LogP contribution in [0, 0.1) is 11.8 Å². The zero-order valence-electron chi connectivity index (χ0n) is 15.8. The summed E-state index contributed by atoms with van der Waals surface area (Å²) in [5.74, 6) is 0.823. The molecule has 3 amide bonds. The molecule has 2 saturated heterocycles. The minimum Gasteiger partial charge on any atom is -0.444 e. The molecule has 2 heterocycles. The molecule has 0 spiro atoms. The van der Waals surface area contributed by atoms with Crippen molar-refractivity contribution in [3.8, 4) is 0 Å². The Labute approximate surface area is 145 Å². The van der Waals surface area contributed by atoms with Crippen LogP contribution in [0.1, 0.15) is 53.4 Å². The fraction of sp³-hybridized carbons (Fsp3) is 0.889. The molecule has 2 aliphatic heterocycles. The van der Waals surface area contributed by atoms with Crippen LogP contribution in [0.2, 0.25) is 0 Å². The van der Waals surface area contributed by atoms with Crippen molar-refractivity contribution in [3.63, 3.8) is 0 Å². The van der Waals surface area contributed by atoms with E-state index < -0.39 is 5.60 Å². The van der Waals surface area contributed by atoms with Crippen LogP contribution in [0.4, 0.5) is 9.59 Å². The Hall–Kier alpha value is -1.46. The number of ether oxygens (including phenoxy) is 1. The summed E-state index contributed by atoms with van der Waals surface area (Å²) >= 11 is 0. The molecule has 2 fully saturated rings. The van der Waals surface area contributed by atoms with Crippen LogP contribution in [0.25, 0.3) is 0 Å². The molecule has 1 unspecified atom stereocenters. The first-order valence-electron chi connectivity index (χ1n) is 9.17. The Bertz CT molecular complexity index is 461. The average Bonchev–Trinajstić information content (AvgIpc) is 2.52. The van der Waals surface area contributed by atoms with E-state index in [0.717, 1.165) is 45.3 Å². The van der Waals surface area contributed by atoms with Crippen molar-refractivity contribution < 1.29 is 14.3 Å². The third kappa shape index (κ3) is 4.77. The molecule has 0 bridgehead atoms. The van der Waals surface area contributed by atoms with Gasteiger partial charge in [-0.05, 0) is 58.3 Å². The van der Waals surface area contributed by atoms with E-state index >= 15 is 0 Å². The summed E-state index contributed by atoms with van der Waals surface area (Å²) < 4.78 is 5.64. The lowest BCUT2D eigenvalue weighted by atomic mass is 9.82. The lowest BCUT2D eigenvalue weighted by Gasteiger charge is -2.45. The molecule has 0 radical (unpaired) electrons. The first kappa shape index (κ1) is 18.9. The Balaban J connectivity index is 2.10. The summed E-state index contributed by atoms with van der Waals surface area (Å²) in [5.41, 5.74) is -0.483. The van der Waals surface area contributed by atoms with E-state index in [1.54, 1.807) is 7.05 Å². The van der Waals surface area contributed by atoms with Crippen LogP contribution in [-0.2, 0) is 4.74 Å². The van der Waals surface area contributed by atoms with Crippen LogP contribution >= 0.6 is 0 Å². The molecule has 0 saturated carbocycles. The fourth-order valence-corrected chi connectivity index (χ4v) is 3.86. The lowest BCUT2D eigenvalue weighted by molar-refractivity contribution is -0.0113. The maximum atomic E-state index is 12.7. The maximum absolute atomic E-state index is 12.7. The summed E-state index contributed by atoms with van der Waals surface area (Å²) in [6.45, 7) is 10.2. The number of likely N-dealkylation sites (tertiary alicyclic amines) is 2. The van der Waals surface area contributed by atoms with E-state index in [4.69, 9.17) is 4.74 Å². The van der Waals surface area contributed by atoms with Crippen molar-refractivity contribution in [2.75, 3.05) is 26.7 Å². The first-order chi connectivity index (χ1) is 11.2. The van der Waals surface area contributed by atoms with E-state index in [0.29, 0.717) is 11.8 Å². The number of hydrogen-bond acceptors (Lipinski definition) is 3. The van der Waals surface area contributed by atoms with Gasteiger partial charge in [-0.15, -0.1) is 0 Å². The Kier molecular flexibility index (Phi) is 5.99. The Morgan fingerprint density at radius 2 is 1.83 bits per heavy atom. The van der Waals surface area contributed by atoms with E-state index in [2.05, 4.69) is 12.2 Å². The van der Waals surface area contributed by atoms with Crippen molar-refractivity contribution in [2.45, 2.75) is 65.0 Å². The average molecular weight is 339 g/mol. The second kappa shape index (κ2) is 7.62.